The standard InChI is InChI=1S/C21H20ClN3O3/c22-15-6-8-16(9-7-15)28-11-3-10-25-20(26)19(24-21(25)27)12-14-13-23-18-5-2-1-4-17(14)18/h1-2,4-9,13,19,23H,3,10-12H2,(H,24,27)/t19-/m1/s1. The number of ether oxygens (including phenoxy) is 1. The summed E-state index contributed by atoms with van der Waals surface area (Å²) in [4.78, 5) is 29.3. The molecule has 144 valence electrons. The summed E-state index contributed by atoms with van der Waals surface area (Å²) >= 11 is 5.84. The maximum absolute atomic E-state index is 12.7. The number of amides is 3. The van der Waals surface area contributed by atoms with Gasteiger partial charge in [-0.2, -0.15) is 0 Å². The topological polar surface area (TPSA) is 74.4 Å². The molecular weight excluding hydrogens is 378 g/mol. The number of rotatable bonds is 7. The highest BCUT2D eigenvalue weighted by Gasteiger charge is 2.37. The third kappa shape index (κ3) is 3.82. The minimum Gasteiger partial charge on any atom is -0.494 e. The molecule has 2 heterocycles. The minimum atomic E-state index is -0.538. The monoisotopic (exact) mass is 397 g/mol. The van der Waals surface area contributed by atoms with Gasteiger partial charge in [-0.25, -0.2) is 4.79 Å². The summed E-state index contributed by atoms with van der Waals surface area (Å²) in [5, 5.41) is 4.50. The number of hydrogen-bond acceptors (Lipinski definition) is 3. The first-order valence-corrected chi connectivity index (χ1v) is 9.55. The first-order valence-electron chi connectivity index (χ1n) is 9.17. The number of urea groups is 1. The molecule has 1 aliphatic heterocycles. The highest BCUT2D eigenvalue weighted by atomic mass is 35.5. The predicted octanol–water partition coefficient (Wildman–Crippen LogP) is 3.75. The molecule has 1 aromatic heterocycles. The van der Waals surface area contributed by atoms with E-state index in [1.807, 2.05) is 30.5 Å². The highest BCUT2D eigenvalue weighted by molar-refractivity contribution is 6.30. The summed E-state index contributed by atoms with van der Waals surface area (Å²) in [5.41, 5.74) is 2.03. The Morgan fingerprint density at radius 2 is 1.86 bits per heavy atom. The van der Waals surface area contributed by atoms with E-state index in [1.165, 1.54) is 4.90 Å². The molecule has 1 fully saturated rings. The number of benzene rings is 2. The second-order valence-corrected chi connectivity index (χ2v) is 7.15. The van der Waals surface area contributed by atoms with Gasteiger partial charge in [0.2, 0.25) is 0 Å². The lowest BCUT2D eigenvalue weighted by atomic mass is 10.1. The second-order valence-electron chi connectivity index (χ2n) is 6.71. The van der Waals surface area contributed by atoms with E-state index < -0.39 is 6.04 Å². The smallest absolute Gasteiger partial charge is 0.324 e. The number of aromatic amines is 1. The molecule has 28 heavy (non-hydrogen) atoms. The van der Waals surface area contributed by atoms with Gasteiger partial charge in [-0.1, -0.05) is 29.8 Å². The molecule has 0 saturated carbocycles. The van der Waals surface area contributed by atoms with Crippen LogP contribution in [0.25, 0.3) is 10.9 Å². The molecule has 3 aromatic rings. The van der Waals surface area contributed by atoms with E-state index in [2.05, 4.69) is 10.3 Å². The zero-order valence-corrected chi connectivity index (χ0v) is 15.9. The molecule has 0 spiro atoms. The molecule has 6 nitrogen and oxygen atoms in total. The number of hydrogen-bond donors (Lipinski definition) is 2. The van der Waals surface area contributed by atoms with Gasteiger partial charge in [0, 0.05) is 35.1 Å². The minimum absolute atomic E-state index is 0.193. The van der Waals surface area contributed by atoms with Crippen molar-refractivity contribution in [3.05, 3.63) is 65.3 Å². The van der Waals surface area contributed by atoms with E-state index in [0.717, 1.165) is 16.5 Å². The summed E-state index contributed by atoms with van der Waals surface area (Å²) in [6.45, 7) is 0.731. The van der Waals surface area contributed by atoms with Gasteiger partial charge in [-0.15, -0.1) is 0 Å². The Morgan fingerprint density at radius 1 is 1.07 bits per heavy atom. The lowest BCUT2D eigenvalue weighted by Gasteiger charge is -2.13. The van der Waals surface area contributed by atoms with Crippen molar-refractivity contribution in [2.24, 2.45) is 0 Å². The number of aromatic nitrogens is 1. The molecular formula is C21H20ClN3O3. The summed E-state index contributed by atoms with van der Waals surface area (Å²) in [6, 6.07) is 14.1. The Morgan fingerprint density at radius 3 is 2.68 bits per heavy atom. The summed E-state index contributed by atoms with van der Waals surface area (Å²) in [7, 11) is 0. The SMILES string of the molecule is O=C1N[C@H](Cc2c[nH]c3ccccc23)C(=O)N1CCCOc1ccc(Cl)cc1. The van der Waals surface area contributed by atoms with Crippen LogP contribution in [0.1, 0.15) is 12.0 Å². The van der Waals surface area contributed by atoms with Gasteiger partial charge in [0.25, 0.3) is 5.91 Å². The van der Waals surface area contributed by atoms with Crippen LogP contribution < -0.4 is 10.1 Å². The molecule has 1 saturated heterocycles. The van der Waals surface area contributed by atoms with Crippen LogP contribution in [0, 0.1) is 0 Å². The lowest BCUT2D eigenvalue weighted by molar-refractivity contribution is -0.127. The third-order valence-corrected chi connectivity index (χ3v) is 5.07. The average molecular weight is 398 g/mol. The van der Waals surface area contributed by atoms with Crippen molar-refractivity contribution in [2.45, 2.75) is 18.9 Å². The Balaban J connectivity index is 1.31. The summed E-state index contributed by atoms with van der Waals surface area (Å²) in [5.74, 6) is 0.514. The van der Waals surface area contributed by atoms with Crippen molar-refractivity contribution >= 4 is 34.4 Å². The Kier molecular flexibility index (Phi) is 5.21. The molecule has 4 rings (SSSR count). The van der Waals surface area contributed by atoms with Crippen molar-refractivity contribution < 1.29 is 14.3 Å². The Bertz CT molecular complexity index is 1000. The number of imide groups is 1. The van der Waals surface area contributed by atoms with Gasteiger partial charge in [0.05, 0.1) is 6.61 Å². The van der Waals surface area contributed by atoms with Crippen LogP contribution >= 0.6 is 11.6 Å². The highest BCUT2D eigenvalue weighted by Crippen LogP contribution is 2.21. The van der Waals surface area contributed by atoms with Gasteiger partial charge in [-0.3, -0.25) is 9.69 Å². The van der Waals surface area contributed by atoms with Crippen molar-refractivity contribution in [1.29, 1.82) is 0 Å². The molecule has 1 aliphatic rings. The van der Waals surface area contributed by atoms with E-state index in [4.69, 9.17) is 16.3 Å². The first kappa shape index (κ1) is 18.4. The maximum Gasteiger partial charge on any atom is 0.324 e. The zero-order valence-electron chi connectivity index (χ0n) is 15.2. The summed E-state index contributed by atoms with van der Waals surface area (Å²) < 4.78 is 5.62. The van der Waals surface area contributed by atoms with Crippen LogP contribution in [-0.2, 0) is 11.2 Å². The molecule has 2 aromatic carbocycles. The van der Waals surface area contributed by atoms with E-state index in [1.54, 1.807) is 24.3 Å². The fourth-order valence-corrected chi connectivity index (χ4v) is 3.52. The van der Waals surface area contributed by atoms with Gasteiger partial charge in [0.1, 0.15) is 11.8 Å². The number of halogens is 1. The van der Waals surface area contributed by atoms with Gasteiger partial charge in [-0.05, 0) is 42.3 Å². The average Bonchev–Trinajstić information content (AvgIpc) is 3.22. The van der Waals surface area contributed by atoms with E-state index in [-0.39, 0.29) is 11.9 Å². The fourth-order valence-electron chi connectivity index (χ4n) is 3.39. The molecule has 0 aliphatic carbocycles. The second kappa shape index (κ2) is 7.94. The van der Waals surface area contributed by atoms with Crippen molar-refractivity contribution in [3.63, 3.8) is 0 Å². The molecule has 0 bridgehead atoms. The van der Waals surface area contributed by atoms with Gasteiger partial charge >= 0.3 is 6.03 Å². The largest absolute Gasteiger partial charge is 0.494 e. The van der Waals surface area contributed by atoms with E-state index in [9.17, 15) is 9.59 Å². The van der Waals surface area contributed by atoms with E-state index >= 15 is 0 Å². The van der Waals surface area contributed by atoms with Gasteiger partial charge < -0.3 is 15.0 Å². The Hall–Kier alpha value is -2.99. The molecule has 0 radical (unpaired) electrons. The molecule has 1 atom stereocenters. The predicted molar refractivity (Wildman–Crippen MR) is 108 cm³/mol. The normalized spacial score (nSPS) is 16.6. The quantitative estimate of drug-likeness (QED) is 0.471. The van der Waals surface area contributed by atoms with Crippen LogP contribution in [0.3, 0.4) is 0 Å². The first-order chi connectivity index (χ1) is 13.6. The van der Waals surface area contributed by atoms with Crippen LogP contribution in [0.5, 0.6) is 5.75 Å². The lowest BCUT2D eigenvalue weighted by Crippen LogP contribution is -2.33. The van der Waals surface area contributed by atoms with Crippen LogP contribution in [0.4, 0.5) is 4.79 Å². The molecule has 7 heteroatoms. The number of para-hydroxylation sites is 1. The van der Waals surface area contributed by atoms with Crippen molar-refractivity contribution in [1.82, 2.24) is 15.2 Å². The van der Waals surface area contributed by atoms with Crippen LogP contribution in [0.15, 0.2) is 54.7 Å². The zero-order chi connectivity index (χ0) is 19.5. The number of H-pyrrole nitrogens is 1. The Labute approximate surface area is 167 Å². The van der Waals surface area contributed by atoms with Crippen LogP contribution in [-0.4, -0.2) is 41.0 Å². The maximum atomic E-state index is 12.7. The van der Waals surface area contributed by atoms with Crippen molar-refractivity contribution in [2.75, 3.05) is 13.2 Å². The molecule has 0 unspecified atom stereocenters. The summed E-state index contributed by atoms with van der Waals surface area (Å²) in [6.07, 6.45) is 2.92. The number of nitrogens with zero attached hydrogens (tertiary/aromatic N) is 1. The van der Waals surface area contributed by atoms with Gasteiger partial charge in [0.15, 0.2) is 0 Å². The molecule has 3 amide bonds. The third-order valence-electron chi connectivity index (χ3n) is 4.81. The van der Waals surface area contributed by atoms with Crippen molar-refractivity contribution in [3.8, 4) is 5.75 Å². The number of carbonyl (C=O) groups is 2. The number of carbonyl (C=O) groups excluding carboxylic acids is 2. The van der Waals surface area contributed by atoms with Crippen LogP contribution in [0.2, 0.25) is 5.02 Å². The van der Waals surface area contributed by atoms with E-state index in [0.29, 0.717) is 36.8 Å². The molecule has 2 N–H and O–H groups in total. The number of nitrogens with one attached hydrogen (secondary N) is 2. The number of fused-ring (bicyclic) bond motifs is 1. The fraction of sp³-hybridized carbons (Fsp3) is 0.238.